The third kappa shape index (κ3) is 6.95. The van der Waals surface area contributed by atoms with Gasteiger partial charge in [-0.25, -0.2) is 0 Å². The van der Waals surface area contributed by atoms with Gasteiger partial charge >= 0.3 is 0 Å². The van der Waals surface area contributed by atoms with E-state index in [4.69, 9.17) is 27.9 Å². The minimum Gasteiger partial charge on any atom is -0.484 e. The molecule has 1 aromatic carbocycles. The van der Waals surface area contributed by atoms with Crippen LogP contribution >= 0.6 is 35.0 Å². The number of thioether (sulfide) groups is 1. The van der Waals surface area contributed by atoms with Gasteiger partial charge in [0.05, 0.1) is 10.0 Å². The lowest BCUT2D eigenvalue weighted by atomic mass is 10.3. The molecule has 3 nitrogen and oxygen atoms in total. The molecule has 0 saturated carbocycles. The van der Waals surface area contributed by atoms with E-state index >= 15 is 0 Å². The molecule has 1 amide bonds. The van der Waals surface area contributed by atoms with Crippen molar-refractivity contribution >= 4 is 40.9 Å². The lowest BCUT2D eigenvalue weighted by molar-refractivity contribution is -0.122. The van der Waals surface area contributed by atoms with Crippen LogP contribution in [-0.4, -0.2) is 30.1 Å². The third-order valence-electron chi connectivity index (χ3n) is 2.14. The van der Waals surface area contributed by atoms with Gasteiger partial charge in [-0.3, -0.25) is 4.79 Å². The predicted octanol–water partition coefficient (Wildman–Crippen LogP) is 3.63. The number of hydrogen-bond acceptors (Lipinski definition) is 3. The van der Waals surface area contributed by atoms with Crippen LogP contribution in [0.4, 0.5) is 0 Å². The minimum atomic E-state index is -0.143. The van der Waals surface area contributed by atoms with Crippen LogP contribution in [0.5, 0.6) is 5.75 Å². The van der Waals surface area contributed by atoms with Crippen molar-refractivity contribution in [2.75, 3.05) is 18.9 Å². The highest BCUT2D eigenvalue weighted by Crippen LogP contribution is 2.26. The Morgan fingerprint density at radius 2 is 2.11 bits per heavy atom. The molecule has 0 fully saturated rings. The highest BCUT2D eigenvalue weighted by atomic mass is 35.5. The standard InChI is InChI=1S/C13H17Cl2NO2S/c1-9(2)19-6-5-16-13(17)8-18-10-3-4-11(14)12(15)7-10/h3-4,7,9H,5-6,8H2,1-2H3,(H,16,17). The first-order chi connectivity index (χ1) is 8.99. The van der Waals surface area contributed by atoms with Gasteiger partial charge in [-0.05, 0) is 17.4 Å². The molecule has 1 aromatic rings. The normalized spacial score (nSPS) is 10.6. The first-order valence-electron chi connectivity index (χ1n) is 5.95. The monoisotopic (exact) mass is 321 g/mol. The molecule has 106 valence electrons. The zero-order valence-electron chi connectivity index (χ0n) is 10.9. The largest absolute Gasteiger partial charge is 0.484 e. The van der Waals surface area contributed by atoms with E-state index in [9.17, 15) is 4.79 Å². The number of halogens is 2. The molecule has 0 aliphatic heterocycles. The summed E-state index contributed by atoms with van der Waals surface area (Å²) in [6.45, 7) is 4.87. The number of carbonyl (C=O) groups is 1. The Kier molecular flexibility index (Phi) is 7.42. The molecule has 0 aliphatic rings. The van der Waals surface area contributed by atoms with Gasteiger partial charge in [0.1, 0.15) is 5.75 Å². The summed E-state index contributed by atoms with van der Waals surface area (Å²) in [6.07, 6.45) is 0. The maximum Gasteiger partial charge on any atom is 0.257 e. The van der Waals surface area contributed by atoms with Crippen LogP contribution in [0.1, 0.15) is 13.8 Å². The van der Waals surface area contributed by atoms with Crippen LogP contribution < -0.4 is 10.1 Å². The Balaban J connectivity index is 2.24. The van der Waals surface area contributed by atoms with Crippen LogP contribution in [0.15, 0.2) is 18.2 Å². The number of rotatable bonds is 7. The quantitative estimate of drug-likeness (QED) is 0.779. The molecule has 0 saturated heterocycles. The first-order valence-corrected chi connectivity index (χ1v) is 7.75. The van der Waals surface area contributed by atoms with Crippen molar-refractivity contribution in [3.05, 3.63) is 28.2 Å². The van der Waals surface area contributed by atoms with E-state index in [1.807, 2.05) is 0 Å². The summed E-state index contributed by atoms with van der Waals surface area (Å²) < 4.78 is 5.32. The lowest BCUT2D eigenvalue weighted by Gasteiger charge is -2.09. The molecule has 1 rings (SSSR count). The SMILES string of the molecule is CC(C)SCCNC(=O)COc1ccc(Cl)c(Cl)c1. The molecule has 0 atom stereocenters. The number of hydrogen-bond donors (Lipinski definition) is 1. The van der Waals surface area contributed by atoms with Crippen LogP contribution in [-0.2, 0) is 4.79 Å². The van der Waals surface area contributed by atoms with Crippen molar-refractivity contribution in [3.8, 4) is 5.75 Å². The second-order valence-electron chi connectivity index (χ2n) is 4.13. The first kappa shape index (κ1) is 16.5. The van der Waals surface area contributed by atoms with E-state index in [1.54, 1.807) is 30.0 Å². The van der Waals surface area contributed by atoms with E-state index in [0.717, 1.165) is 5.75 Å². The van der Waals surface area contributed by atoms with Crippen LogP contribution in [0, 0.1) is 0 Å². The van der Waals surface area contributed by atoms with Gasteiger partial charge in [-0.2, -0.15) is 11.8 Å². The topological polar surface area (TPSA) is 38.3 Å². The summed E-state index contributed by atoms with van der Waals surface area (Å²) in [7, 11) is 0. The molecular formula is C13H17Cl2NO2S. The minimum absolute atomic E-state index is 0.0235. The van der Waals surface area contributed by atoms with E-state index in [-0.39, 0.29) is 12.5 Å². The molecule has 6 heteroatoms. The van der Waals surface area contributed by atoms with Crippen molar-refractivity contribution in [2.45, 2.75) is 19.1 Å². The molecule has 1 N–H and O–H groups in total. The Morgan fingerprint density at radius 3 is 2.74 bits per heavy atom. The highest BCUT2D eigenvalue weighted by molar-refractivity contribution is 7.99. The zero-order valence-corrected chi connectivity index (χ0v) is 13.2. The van der Waals surface area contributed by atoms with E-state index < -0.39 is 0 Å². The van der Waals surface area contributed by atoms with Crippen molar-refractivity contribution < 1.29 is 9.53 Å². The van der Waals surface area contributed by atoms with Gasteiger partial charge in [0.25, 0.3) is 5.91 Å². The molecule has 0 aliphatic carbocycles. The predicted molar refractivity (Wildman–Crippen MR) is 82.6 cm³/mol. The fourth-order valence-corrected chi connectivity index (χ4v) is 2.23. The maximum atomic E-state index is 11.5. The van der Waals surface area contributed by atoms with E-state index in [0.29, 0.717) is 27.6 Å². The van der Waals surface area contributed by atoms with Gasteiger partial charge in [-0.15, -0.1) is 0 Å². The van der Waals surface area contributed by atoms with E-state index in [2.05, 4.69) is 19.2 Å². The van der Waals surface area contributed by atoms with Crippen molar-refractivity contribution in [1.82, 2.24) is 5.32 Å². The van der Waals surface area contributed by atoms with Crippen LogP contribution in [0.25, 0.3) is 0 Å². The van der Waals surface area contributed by atoms with Gasteiger partial charge in [0, 0.05) is 18.4 Å². The summed E-state index contributed by atoms with van der Waals surface area (Å²) in [5.41, 5.74) is 0. The summed E-state index contributed by atoms with van der Waals surface area (Å²) >= 11 is 13.4. The van der Waals surface area contributed by atoms with Crippen LogP contribution in [0.2, 0.25) is 10.0 Å². The maximum absolute atomic E-state index is 11.5. The Morgan fingerprint density at radius 1 is 1.37 bits per heavy atom. The fraction of sp³-hybridized carbons (Fsp3) is 0.462. The highest BCUT2D eigenvalue weighted by Gasteiger charge is 2.04. The van der Waals surface area contributed by atoms with Crippen molar-refractivity contribution in [2.24, 2.45) is 0 Å². The smallest absolute Gasteiger partial charge is 0.257 e. The number of ether oxygens (including phenoxy) is 1. The zero-order chi connectivity index (χ0) is 14.3. The lowest BCUT2D eigenvalue weighted by Crippen LogP contribution is -2.30. The second-order valence-corrected chi connectivity index (χ2v) is 6.63. The average Bonchev–Trinajstić information content (AvgIpc) is 2.36. The average molecular weight is 322 g/mol. The summed E-state index contributed by atoms with van der Waals surface area (Å²) in [5.74, 6) is 1.28. The Bertz CT molecular complexity index is 427. The summed E-state index contributed by atoms with van der Waals surface area (Å²) in [6, 6.07) is 4.90. The fourth-order valence-electron chi connectivity index (χ4n) is 1.25. The third-order valence-corrected chi connectivity index (χ3v) is 3.98. The number of carbonyl (C=O) groups excluding carboxylic acids is 1. The van der Waals surface area contributed by atoms with Crippen molar-refractivity contribution in [3.63, 3.8) is 0 Å². The molecular weight excluding hydrogens is 305 g/mol. The Labute approximate surface area is 128 Å². The van der Waals surface area contributed by atoms with Gasteiger partial charge in [0.15, 0.2) is 6.61 Å². The summed E-state index contributed by atoms with van der Waals surface area (Å²) in [5, 5.41) is 4.24. The molecule has 0 bridgehead atoms. The van der Waals surface area contributed by atoms with Crippen LogP contribution in [0.3, 0.4) is 0 Å². The molecule has 0 spiro atoms. The number of amides is 1. The number of nitrogens with one attached hydrogen (secondary N) is 1. The van der Waals surface area contributed by atoms with Gasteiger partial charge in [0.2, 0.25) is 0 Å². The molecule has 0 heterocycles. The second kappa shape index (κ2) is 8.56. The molecule has 0 radical (unpaired) electrons. The Hall–Kier alpha value is -0.580. The molecule has 19 heavy (non-hydrogen) atoms. The number of benzene rings is 1. The van der Waals surface area contributed by atoms with E-state index in [1.165, 1.54) is 0 Å². The van der Waals surface area contributed by atoms with Gasteiger partial charge in [-0.1, -0.05) is 37.0 Å². The van der Waals surface area contributed by atoms with Crippen molar-refractivity contribution in [1.29, 1.82) is 0 Å². The summed E-state index contributed by atoms with van der Waals surface area (Å²) in [4.78, 5) is 11.5. The van der Waals surface area contributed by atoms with Gasteiger partial charge < -0.3 is 10.1 Å². The molecule has 0 aromatic heterocycles. The molecule has 0 unspecified atom stereocenters.